The van der Waals surface area contributed by atoms with Gasteiger partial charge in [0.05, 0.1) is 11.4 Å². The van der Waals surface area contributed by atoms with Gasteiger partial charge in [-0.2, -0.15) is 0 Å². The Labute approximate surface area is 200 Å². The molecule has 0 aliphatic rings. The largest absolute Gasteiger partial charge is 0.301 e. The zero-order valence-corrected chi connectivity index (χ0v) is 20.7. The molecular formula is C23H25N5OS3. The van der Waals surface area contributed by atoms with Crippen LogP contribution in [0.25, 0.3) is 22.6 Å². The van der Waals surface area contributed by atoms with E-state index in [9.17, 15) is 4.79 Å². The number of anilines is 1. The Morgan fingerprint density at radius 2 is 1.94 bits per heavy atom. The molecule has 4 aromatic rings. The van der Waals surface area contributed by atoms with Crippen molar-refractivity contribution < 1.29 is 4.79 Å². The van der Waals surface area contributed by atoms with Crippen molar-refractivity contribution in [3.8, 4) is 22.6 Å². The van der Waals surface area contributed by atoms with Crippen LogP contribution in [0, 0.1) is 0 Å². The van der Waals surface area contributed by atoms with Gasteiger partial charge in [0.25, 0.3) is 0 Å². The fraction of sp³-hybridized carbons (Fsp3) is 0.304. The SMILES string of the molecule is CCCc1cc(-c2nnc(SCC(=O)Nc3nc(-c4ccccc4)cs3)n2C(C)C)cs1. The molecule has 1 N–H and O–H groups in total. The van der Waals surface area contributed by atoms with Gasteiger partial charge in [-0.1, -0.05) is 55.4 Å². The third kappa shape index (κ3) is 5.28. The van der Waals surface area contributed by atoms with Gasteiger partial charge in [-0.25, -0.2) is 4.98 Å². The Hall–Kier alpha value is -2.49. The molecule has 0 unspecified atom stereocenters. The number of carbonyl (C=O) groups is 1. The van der Waals surface area contributed by atoms with Gasteiger partial charge in [0.15, 0.2) is 16.1 Å². The fourth-order valence-electron chi connectivity index (χ4n) is 3.27. The first kappa shape index (κ1) is 22.7. The van der Waals surface area contributed by atoms with Crippen molar-refractivity contribution in [2.24, 2.45) is 0 Å². The van der Waals surface area contributed by atoms with Gasteiger partial charge in [-0.05, 0) is 26.3 Å². The number of benzene rings is 1. The van der Waals surface area contributed by atoms with E-state index in [0.29, 0.717) is 5.13 Å². The number of thioether (sulfide) groups is 1. The Kier molecular flexibility index (Phi) is 7.39. The van der Waals surface area contributed by atoms with Crippen LogP contribution in [0.4, 0.5) is 5.13 Å². The highest BCUT2D eigenvalue weighted by Gasteiger charge is 2.19. The predicted molar refractivity (Wildman–Crippen MR) is 135 cm³/mol. The Morgan fingerprint density at radius 1 is 1.12 bits per heavy atom. The van der Waals surface area contributed by atoms with E-state index in [1.165, 1.54) is 28.0 Å². The Morgan fingerprint density at radius 3 is 2.69 bits per heavy atom. The average molecular weight is 484 g/mol. The van der Waals surface area contributed by atoms with Crippen LogP contribution in [0.15, 0.2) is 52.3 Å². The van der Waals surface area contributed by atoms with Gasteiger partial charge < -0.3 is 5.32 Å². The molecule has 0 fully saturated rings. The second-order valence-corrected chi connectivity index (χ2v) is 10.4. The van der Waals surface area contributed by atoms with Crippen molar-refractivity contribution >= 4 is 45.5 Å². The molecule has 32 heavy (non-hydrogen) atoms. The molecule has 0 atom stereocenters. The molecular weight excluding hydrogens is 458 g/mol. The number of hydrogen-bond donors (Lipinski definition) is 1. The number of nitrogens with zero attached hydrogens (tertiary/aromatic N) is 4. The Bertz CT molecular complexity index is 1180. The maximum Gasteiger partial charge on any atom is 0.236 e. The third-order valence-electron chi connectivity index (χ3n) is 4.74. The van der Waals surface area contributed by atoms with Crippen molar-refractivity contribution in [1.29, 1.82) is 0 Å². The number of amides is 1. The topological polar surface area (TPSA) is 72.7 Å². The molecule has 0 spiro atoms. The van der Waals surface area contributed by atoms with Crippen molar-refractivity contribution in [2.75, 3.05) is 11.1 Å². The fourth-order valence-corrected chi connectivity index (χ4v) is 5.84. The van der Waals surface area contributed by atoms with Crippen molar-refractivity contribution in [1.82, 2.24) is 19.7 Å². The van der Waals surface area contributed by atoms with Crippen LogP contribution < -0.4 is 5.32 Å². The molecule has 0 saturated carbocycles. The summed E-state index contributed by atoms with van der Waals surface area (Å²) in [6.45, 7) is 6.40. The normalized spacial score (nSPS) is 11.2. The van der Waals surface area contributed by atoms with E-state index >= 15 is 0 Å². The number of carbonyl (C=O) groups excluding carboxylic acids is 1. The summed E-state index contributed by atoms with van der Waals surface area (Å²) in [7, 11) is 0. The molecule has 166 valence electrons. The second kappa shape index (κ2) is 10.4. The number of thiophene rings is 1. The van der Waals surface area contributed by atoms with E-state index in [2.05, 4.69) is 57.3 Å². The highest BCUT2D eigenvalue weighted by molar-refractivity contribution is 7.99. The Balaban J connectivity index is 1.41. The van der Waals surface area contributed by atoms with Crippen LogP contribution >= 0.6 is 34.4 Å². The van der Waals surface area contributed by atoms with Crippen molar-refractivity contribution in [3.63, 3.8) is 0 Å². The lowest BCUT2D eigenvalue weighted by Crippen LogP contribution is -2.15. The number of rotatable bonds is 9. The van der Waals surface area contributed by atoms with Crippen molar-refractivity contribution in [2.45, 2.75) is 44.8 Å². The van der Waals surface area contributed by atoms with Crippen LogP contribution in [0.5, 0.6) is 0 Å². The molecule has 0 radical (unpaired) electrons. The maximum atomic E-state index is 12.5. The predicted octanol–water partition coefficient (Wildman–Crippen LogP) is 6.39. The van der Waals surface area contributed by atoms with Crippen LogP contribution in [0.2, 0.25) is 0 Å². The van der Waals surface area contributed by atoms with E-state index in [4.69, 9.17) is 0 Å². The monoisotopic (exact) mass is 483 g/mol. The zero-order valence-electron chi connectivity index (χ0n) is 18.2. The first-order valence-electron chi connectivity index (χ1n) is 10.5. The second-order valence-electron chi connectivity index (χ2n) is 7.56. The lowest BCUT2D eigenvalue weighted by atomic mass is 10.2. The third-order valence-corrected chi connectivity index (χ3v) is 7.44. The van der Waals surface area contributed by atoms with Crippen LogP contribution in [-0.2, 0) is 11.2 Å². The molecule has 0 bridgehead atoms. The van der Waals surface area contributed by atoms with Gasteiger partial charge >= 0.3 is 0 Å². The van der Waals surface area contributed by atoms with E-state index in [0.717, 1.165) is 40.6 Å². The van der Waals surface area contributed by atoms with Crippen LogP contribution in [0.3, 0.4) is 0 Å². The molecule has 1 amide bonds. The first-order valence-corrected chi connectivity index (χ1v) is 13.3. The standard InChI is InChI=1S/C23H25N5OS3/c1-4-8-18-11-17(12-30-18)21-26-27-23(28(21)15(2)3)32-14-20(29)25-22-24-19(13-31-22)16-9-6-5-7-10-16/h5-7,9-13,15H,4,8,14H2,1-3H3,(H,24,25,29). The number of aryl methyl sites for hydroxylation is 1. The summed E-state index contributed by atoms with van der Waals surface area (Å²) < 4.78 is 2.10. The van der Waals surface area contributed by atoms with Crippen LogP contribution in [0.1, 0.15) is 38.1 Å². The summed E-state index contributed by atoms with van der Waals surface area (Å²) >= 11 is 4.58. The lowest BCUT2D eigenvalue weighted by Gasteiger charge is -2.13. The number of thiazole rings is 1. The van der Waals surface area contributed by atoms with Gasteiger partial charge in [-0.3, -0.25) is 9.36 Å². The van der Waals surface area contributed by atoms with Crippen molar-refractivity contribution in [3.05, 3.63) is 52.0 Å². The first-order chi connectivity index (χ1) is 15.5. The molecule has 6 nitrogen and oxygen atoms in total. The number of aromatic nitrogens is 4. The smallest absolute Gasteiger partial charge is 0.236 e. The van der Waals surface area contributed by atoms with E-state index < -0.39 is 0 Å². The average Bonchev–Trinajstić information content (AvgIpc) is 3.52. The summed E-state index contributed by atoms with van der Waals surface area (Å²) in [6, 6.07) is 12.3. The quantitative estimate of drug-likeness (QED) is 0.279. The molecule has 0 saturated heterocycles. The molecule has 0 aliphatic heterocycles. The minimum Gasteiger partial charge on any atom is -0.301 e. The number of hydrogen-bond acceptors (Lipinski definition) is 7. The zero-order chi connectivity index (χ0) is 22.5. The van der Waals surface area contributed by atoms with E-state index in [1.807, 2.05) is 35.7 Å². The lowest BCUT2D eigenvalue weighted by molar-refractivity contribution is -0.113. The molecule has 3 aromatic heterocycles. The summed E-state index contributed by atoms with van der Waals surface area (Å²) in [5.41, 5.74) is 2.99. The number of nitrogens with one attached hydrogen (secondary N) is 1. The molecule has 4 rings (SSSR count). The minimum atomic E-state index is -0.107. The molecule has 9 heteroatoms. The highest BCUT2D eigenvalue weighted by atomic mass is 32.2. The van der Waals surface area contributed by atoms with E-state index in [1.54, 1.807) is 11.3 Å². The minimum absolute atomic E-state index is 0.107. The van der Waals surface area contributed by atoms with Gasteiger partial charge in [0, 0.05) is 32.8 Å². The van der Waals surface area contributed by atoms with Gasteiger partial charge in [-0.15, -0.1) is 32.9 Å². The maximum absolute atomic E-state index is 12.5. The van der Waals surface area contributed by atoms with Gasteiger partial charge in [0.2, 0.25) is 5.91 Å². The molecule has 3 heterocycles. The molecule has 0 aliphatic carbocycles. The summed E-state index contributed by atoms with van der Waals surface area (Å²) in [6.07, 6.45) is 2.20. The van der Waals surface area contributed by atoms with Gasteiger partial charge in [0.1, 0.15) is 0 Å². The summed E-state index contributed by atoms with van der Waals surface area (Å²) in [4.78, 5) is 18.4. The van der Waals surface area contributed by atoms with Crippen LogP contribution in [-0.4, -0.2) is 31.4 Å². The molecule has 1 aromatic carbocycles. The summed E-state index contributed by atoms with van der Waals surface area (Å²) in [5, 5.41) is 17.2. The van der Waals surface area contributed by atoms with E-state index in [-0.39, 0.29) is 17.7 Å². The highest BCUT2D eigenvalue weighted by Crippen LogP contribution is 2.31. The summed E-state index contributed by atoms with van der Waals surface area (Å²) in [5.74, 6) is 0.994.